The van der Waals surface area contributed by atoms with Crippen molar-refractivity contribution >= 4 is 5.91 Å². The van der Waals surface area contributed by atoms with Crippen LogP contribution in [0.15, 0.2) is 16.9 Å². The molecule has 1 aliphatic rings. The zero-order valence-corrected chi connectivity index (χ0v) is 10.8. The van der Waals surface area contributed by atoms with Crippen LogP contribution in [0.5, 0.6) is 0 Å². The lowest BCUT2D eigenvalue weighted by Gasteiger charge is -2.31. The van der Waals surface area contributed by atoms with E-state index < -0.39 is 0 Å². The second kappa shape index (κ2) is 5.33. The van der Waals surface area contributed by atoms with Crippen molar-refractivity contribution in [1.29, 1.82) is 0 Å². The standard InChI is InChI=1S/C13H19N3O2/c1-8-5-9(2)7-10(6-8)14-13(18)11-3-4-12(17)16-15-11/h3-4,8-10H,5-7H2,1-2H3,(H,14,18)(H,16,17). The molecule has 2 N–H and O–H groups in total. The SMILES string of the molecule is CC1CC(C)CC(NC(=O)c2ccc(=O)[nH]n2)C1. The van der Waals surface area contributed by atoms with Gasteiger partial charge in [-0.2, -0.15) is 5.10 Å². The quantitative estimate of drug-likeness (QED) is 0.830. The molecular weight excluding hydrogens is 230 g/mol. The molecule has 2 atom stereocenters. The molecule has 1 fully saturated rings. The van der Waals surface area contributed by atoms with Crippen molar-refractivity contribution in [3.63, 3.8) is 0 Å². The van der Waals surface area contributed by atoms with Gasteiger partial charge in [-0.3, -0.25) is 9.59 Å². The minimum absolute atomic E-state index is 0.211. The number of aromatic amines is 1. The second-order valence-corrected chi connectivity index (χ2v) is 5.39. The molecule has 18 heavy (non-hydrogen) atoms. The number of aromatic nitrogens is 2. The maximum atomic E-state index is 11.9. The summed E-state index contributed by atoms with van der Waals surface area (Å²) in [4.78, 5) is 22.8. The topological polar surface area (TPSA) is 74.8 Å². The molecule has 0 radical (unpaired) electrons. The number of carbonyl (C=O) groups excluding carboxylic acids is 1. The molecule has 0 saturated heterocycles. The second-order valence-electron chi connectivity index (χ2n) is 5.39. The molecule has 1 saturated carbocycles. The van der Waals surface area contributed by atoms with Gasteiger partial charge in [0.25, 0.3) is 11.5 Å². The molecule has 0 aromatic carbocycles. The van der Waals surface area contributed by atoms with Gasteiger partial charge in [-0.25, -0.2) is 5.10 Å². The van der Waals surface area contributed by atoms with E-state index in [4.69, 9.17) is 0 Å². The summed E-state index contributed by atoms with van der Waals surface area (Å²) in [7, 11) is 0. The fourth-order valence-electron chi connectivity index (χ4n) is 2.80. The van der Waals surface area contributed by atoms with Gasteiger partial charge in [0.15, 0.2) is 0 Å². The number of carbonyl (C=O) groups is 1. The van der Waals surface area contributed by atoms with Crippen LogP contribution in [0.3, 0.4) is 0 Å². The van der Waals surface area contributed by atoms with Gasteiger partial charge in [-0.1, -0.05) is 13.8 Å². The molecule has 5 nitrogen and oxygen atoms in total. The summed E-state index contributed by atoms with van der Waals surface area (Å²) in [6.07, 6.45) is 3.25. The van der Waals surface area contributed by atoms with Gasteiger partial charge in [-0.15, -0.1) is 0 Å². The molecule has 0 aliphatic heterocycles. The summed E-state index contributed by atoms with van der Waals surface area (Å²) < 4.78 is 0. The number of nitrogens with one attached hydrogen (secondary N) is 2. The highest BCUT2D eigenvalue weighted by Gasteiger charge is 2.25. The number of amides is 1. The van der Waals surface area contributed by atoms with Gasteiger partial charge in [0.1, 0.15) is 5.69 Å². The first-order valence-electron chi connectivity index (χ1n) is 6.41. The lowest BCUT2D eigenvalue weighted by Crippen LogP contribution is -2.40. The predicted octanol–water partition coefficient (Wildman–Crippen LogP) is 1.32. The normalized spacial score (nSPS) is 27.8. The summed E-state index contributed by atoms with van der Waals surface area (Å²) in [6.45, 7) is 4.43. The van der Waals surface area contributed by atoms with Gasteiger partial charge in [0.05, 0.1) is 0 Å². The average Bonchev–Trinajstić information content (AvgIpc) is 2.28. The first kappa shape index (κ1) is 12.8. The fraction of sp³-hybridized carbons (Fsp3) is 0.615. The van der Waals surface area contributed by atoms with E-state index in [0.717, 1.165) is 12.8 Å². The summed E-state index contributed by atoms with van der Waals surface area (Å²) in [5.41, 5.74) is -0.0352. The minimum Gasteiger partial charge on any atom is -0.348 e. The van der Waals surface area contributed by atoms with E-state index in [2.05, 4.69) is 29.4 Å². The highest BCUT2D eigenvalue weighted by atomic mass is 16.2. The van der Waals surface area contributed by atoms with Crippen LogP contribution >= 0.6 is 0 Å². The van der Waals surface area contributed by atoms with Crippen LogP contribution < -0.4 is 10.9 Å². The maximum absolute atomic E-state index is 11.9. The number of rotatable bonds is 2. The van der Waals surface area contributed by atoms with Crippen LogP contribution in [-0.2, 0) is 0 Å². The Kier molecular flexibility index (Phi) is 3.79. The van der Waals surface area contributed by atoms with Crippen molar-refractivity contribution in [2.24, 2.45) is 11.8 Å². The van der Waals surface area contributed by atoms with Gasteiger partial charge in [0.2, 0.25) is 0 Å². The monoisotopic (exact) mass is 249 g/mol. The molecule has 1 amide bonds. The van der Waals surface area contributed by atoms with E-state index in [-0.39, 0.29) is 23.2 Å². The molecular formula is C13H19N3O2. The van der Waals surface area contributed by atoms with Crippen molar-refractivity contribution in [2.75, 3.05) is 0 Å². The molecule has 0 spiro atoms. The average molecular weight is 249 g/mol. The number of hydrogen-bond donors (Lipinski definition) is 2. The van der Waals surface area contributed by atoms with Crippen LogP contribution in [0.2, 0.25) is 0 Å². The first-order chi connectivity index (χ1) is 8.54. The lowest BCUT2D eigenvalue weighted by molar-refractivity contribution is 0.0905. The maximum Gasteiger partial charge on any atom is 0.271 e. The Hall–Kier alpha value is -1.65. The van der Waals surface area contributed by atoms with E-state index in [9.17, 15) is 9.59 Å². The van der Waals surface area contributed by atoms with Crippen LogP contribution in [0, 0.1) is 11.8 Å². The Morgan fingerprint density at radius 3 is 2.50 bits per heavy atom. The molecule has 5 heteroatoms. The molecule has 1 aromatic heterocycles. The molecule has 0 bridgehead atoms. The third kappa shape index (κ3) is 3.18. The molecule has 98 valence electrons. The number of H-pyrrole nitrogens is 1. The molecule has 2 unspecified atom stereocenters. The van der Waals surface area contributed by atoms with Crippen molar-refractivity contribution in [1.82, 2.24) is 15.5 Å². The molecule has 1 heterocycles. The Labute approximate surface area is 106 Å². The molecule has 1 aliphatic carbocycles. The summed E-state index contributed by atoms with van der Waals surface area (Å²) in [5.74, 6) is 1.07. The Morgan fingerprint density at radius 2 is 1.94 bits per heavy atom. The van der Waals surface area contributed by atoms with E-state index in [1.807, 2.05) is 0 Å². The lowest BCUT2D eigenvalue weighted by atomic mass is 9.80. The van der Waals surface area contributed by atoms with Gasteiger partial charge in [-0.05, 0) is 37.2 Å². The summed E-state index contributed by atoms with van der Waals surface area (Å²) in [5, 5.41) is 8.99. The Balaban J connectivity index is 1.98. The Bertz CT molecular complexity index is 453. The number of nitrogens with zero attached hydrogens (tertiary/aromatic N) is 1. The third-order valence-electron chi connectivity index (χ3n) is 3.43. The van der Waals surface area contributed by atoms with Crippen molar-refractivity contribution in [3.8, 4) is 0 Å². The van der Waals surface area contributed by atoms with Crippen LogP contribution in [0.4, 0.5) is 0 Å². The van der Waals surface area contributed by atoms with Gasteiger partial charge >= 0.3 is 0 Å². The van der Waals surface area contributed by atoms with E-state index in [1.165, 1.54) is 18.6 Å². The number of hydrogen-bond acceptors (Lipinski definition) is 3. The largest absolute Gasteiger partial charge is 0.348 e. The Morgan fingerprint density at radius 1 is 1.28 bits per heavy atom. The van der Waals surface area contributed by atoms with Gasteiger partial charge < -0.3 is 5.32 Å². The van der Waals surface area contributed by atoms with Crippen molar-refractivity contribution < 1.29 is 4.79 Å². The smallest absolute Gasteiger partial charge is 0.271 e. The summed E-state index contributed by atoms with van der Waals surface area (Å²) in [6, 6.07) is 2.97. The van der Waals surface area contributed by atoms with Crippen molar-refractivity contribution in [3.05, 3.63) is 28.2 Å². The zero-order chi connectivity index (χ0) is 13.1. The minimum atomic E-state index is -0.300. The zero-order valence-electron chi connectivity index (χ0n) is 10.8. The van der Waals surface area contributed by atoms with Crippen molar-refractivity contribution in [2.45, 2.75) is 39.2 Å². The fourth-order valence-corrected chi connectivity index (χ4v) is 2.80. The highest BCUT2D eigenvalue weighted by molar-refractivity contribution is 5.92. The predicted molar refractivity (Wildman–Crippen MR) is 68.3 cm³/mol. The van der Waals surface area contributed by atoms with Crippen LogP contribution in [0.1, 0.15) is 43.6 Å². The van der Waals surface area contributed by atoms with Crippen LogP contribution in [0.25, 0.3) is 0 Å². The summed E-state index contributed by atoms with van der Waals surface area (Å²) >= 11 is 0. The van der Waals surface area contributed by atoms with Gasteiger partial charge in [0, 0.05) is 12.1 Å². The van der Waals surface area contributed by atoms with E-state index in [1.54, 1.807) is 0 Å². The highest BCUT2D eigenvalue weighted by Crippen LogP contribution is 2.28. The molecule has 1 aromatic rings. The third-order valence-corrected chi connectivity index (χ3v) is 3.43. The molecule has 2 rings (SSSR count). The first-order valence-corrected chi connectivity index (χ1v) is 6.41. The van der Waals surface area contributed by atoms with Crippen LogP contribution in [-0.4, -0.2) is 22.1 Å². The van der Waals surface area contributed by atoms with E-state index >= 15 is 0 Å². The van der Waals surface area contributed by atoms with E-state index in [0.29, 0.717) is 11.8 Å².